The molecule has 2 aliphatic rings. The molecule has 6 heteroatoms. The smallest absolute Gasteiger partial charge is 0.266 e. The van der Waals surface area contributed by atoms with Gasteiger partial charge in [-0.2, -0.15) is 0 Å². The molecule has 0 spiro atoms. The van der Waals surface area contributed by atoms with Crippen LogP contribution >= 0.6 is 0 Å². The molecule has 1 N–H and O–H groups in total. The molecule has 0 aromatic heterocycles. The molecule has 208 valence electrons. The lowest BCUT2D eigenvalue weighted by Crippen LogP contribution is -2.47. The van der Waals surface area contributed by atoms with Gasteiger partial charge in [0.1, 0.15) is 0 Å². The molecule has 0 saturated carbocycles. The summed E-state index contributed by atoms with van der Waals surface area (Å²) in [5.41, 5.74) is 4.48. The van der Waals surface area contributed by atoms with Crippen molar-refractivity contribution in [2.45, 2.75) is 84.4 Å². The van der Waals surface area contributed by atoms with E-state index in [-0.39, 0.29) is 23.1 Å². The van der Waals surface area contributed by atoms with E-state index in [2.05, 4.69) is 26.8 Å². The van der Waals surface area contributed by atoms with Gasteiger partial charge in [0, 0.05) is 16.7 Å². The minimum atomic E-state index is -1.04. The number of imide groups is 1. The van der Waals surface area contributed by atoms with Crippen LogP contribution in [0.4, 0.5) is 5.69 Å². The lowest BCUT2D eigenvalue weighted by molar-refractivity contribution is -0.0370. The topological polar surface area (TPSA) is 77.9 Å². The predicted molar refractivity (Wildman–Crippen MR) is 158 cm³/mol. The Bertz CT molecular complexity index is 1520. The van der Waals surface area contributed by atoms with Crippen LogP contribution in [0.15, 0.2) is 60.7 Å². The number of amides is 3. The fourth-order valence-corrected chi connectivity index (χ4v) is 6.00. The highest BCUT2D eigenvalue weighted by molar-refractivity contribution is 6.34. The van der Waals surface area contributed by atoms with E-state index in [0.717, 1.165) is 42.4 Å². The van der Waals surface area contributed by atoms with Crippen LogP contribution in [0.1, 0.15) is 116 Å². The van der Waals surface area contributed by atoms with Crippen molar-refractivity contribution in [3.05, 3.63) is 88.5 Å². The predicted octanol–water partition coefficient (Wildman–Crippen LogP) is 7.26. The second kappa shape index (κ2) is 10.0. The highest BCUT2D eigenvalue weighted by atomic mass is 16.3. The Labute approximate surface area is 236 Å². The number of nitrogens with zero attached hydrogens (tertiary/aromatic N) is 2. The Morgan fingerprint density at radius 3 is 1.93 bits per heavy atom. The van der Waals surface area contributed by atoms with E-state index in [9.17, 15) is 19.5 Å². The van der Waals surface area contributed by atoms with Gasteiger partial charge in [0.2, 0.25) is 0 Å². The van der Waals surface area contributed by atoms with Gasteiger partial charge in [-0.3, -0.25) is 14.4 Å². The molecule has 5 rings (SSSR count). The molecular formula is C34H38N2O4. The zero-order valence-electron chi connectivity index (χ0n) is 24.2. The van der Waals surface area contributed by atoms with Gasteiger partial charge >= 0.3 is 0 Å². The van der Waals surface area contributed by atoms with Gasteiger partial charge in [-0.25, -0.2) is 4.90 Å². The molecule has 2 heterocycles. The van der Waals surface area contributed by atoms with Crippen LogP contribution in [0.2, 0.25) is 0 Å². The molecule has 1 atom stereocenters. The monoisotopic (exact) mass is 538 g/mol. The first-order valence-electron chi connectivity index (χ1n) is 14.3. The summed E-state index contributed by atoms with van der Waals surface area (Å²) in [6.07, 6.45) is 2.32. The Morgan fingerprint density at radius 2 is 1.30 bits per heavy atom. The van der Waals surface area contributed by atoms with Gasteiger partial charge < -0.3 is 10.0 Å². The highest BCUT2D eigenvalue weighted by Gasteiger charge is 2.44. The van der Waals surface area contributed by atoms with Crippen LogP contribution in [0.25, 0.3) is 11.1 Å². The first-order valence-corrected chi connectivity index (χ1v) is 14.3. The third-order valence-electron chi connectivity index (χ3n) is 9.71. The number of aliphatic hydroxyl groups excluding tert-OH is 1. The molecule has 6 nitrogen and oxygen atoms in total. The van der Waals surface area contributed by atoms with E-state index < -0.39 is 11.8 Å². The second-order valence-corrected chi connectivity index (χ2v) is 11.6. The van der Waals surface area contributed by atoms with E-state index in [1.807, 2.05) is 57.2 Å². The zero-order valence-corrected chi connectivity index (χ0v) is 24.2. The van der Waals surface area contributed by atoms with Gasteiger partial charge in [0.15, 0.2) is 6.23 Å². The third kappa shape index (κ3) is 4.08. The van der Waals surface area contributed by atoms with Crippen molar-refractivity contribution in [3.8, 4) is 11.1 Å². The molecule has 3 aromatic carbocycles. The van der Waals surface area contributed by atoms with E-state index in [1.165, 1.54) is 4.90 Å². The summed E-state index contributed by atoms with van der Waals surface area (Å²) >= 11 is 0. The summed E-state index contributed by atoms with van der Waals surface area (Å²) in [5.74, 6) is -0.851. The standard InChI is InChI=1S/C34H38N2O4/c1-7-33(5,8-2)23-12-11-13-24(20-23)35-29(37)25-16-14-21(18-27(25)30(35)38)22-15-17-26-28(19-22)32(40)36(31(26)39)34(6,9-3)10-4/h11-20,32,40H,7-10H2,1-6H3. The Morgan fingerprint density at radius 1 is 0.700 bits per heavy atom. The van der Waals surface area contributed by atoms with Crippen molar-refractivity contribution in [1.82, 2.24) is 4.90 Å². The molecule has 0 aliphatic carbocycles. The molecule has 0 bridgehead atoms. The summed E-state index contributed by atoms with van der Waals surface area (Å²) in [7, 11) is 0. The number of anilines is 1. The highest BCUT2D eigenvalue weighted by Crippen LogP contribution is 2.42. The molecule has 1 unspecified atom stereocenters. The summed E-state index contributed by atoms with van der Waals surface area (Å²) in [5, 5.41) is 11.2. The minimum Gasteiger partial charge on any atom is -0.369 e. The van der Waals surface area contributed by atoms with Crippen LogP contribution in [-0.2, 0) is 5.41 Å². The molecular weight excluding hydrogens is 500 g/mol. The van der Waals surface area contributed by atoms with Crippen LogP contribution < -0.4 is 4.90 Å². The summed E-state index contributed by atoms with van der Waals surface area (Å²) < 4.78 is 0. The van der Waals surface area contributed by atoms with Gasteiger partial charge in [-0.15, -0.1) is 0 Å². The summed E-state index contributed by atoms with van der Waals surface area (Å²) in [6.45, 7) is 12.5. The lowest BCUT2D eigenvalue weighted by atomic mass is 9.78. The van der Waals surface area contributed by atoms with Crippen LogP contribution in [0.5, 0.6) is 0 Å². The molecule has 0 fully saturated rings. The average Bonchev–Trinajstić information content (AvgIpc) is 3.39. The van der Waals surface area contributed by atoms with Crippen molar-refractivity contribution in [2.24, 2.45) is 0 Å². The fraction of sp³-hybridized carbons (Fsp3) is 0.382. The largest absolute Gasteiger partial charge is 0.369 e. The number of hydrogen-bond donors (Lipinski definition) is 1. The molecule has 40 heavy (non-hydrogen) atoms. The lowest BCUT2D eigenvalue weighted by Gasteiger charge is -2.39. The molecule has 3 amide bonds. The molecule has 0 saturated heterocycles. The number of aliphatic hydroxyl groups is 1. The first-order chi connectivity index (χ1) is 19.0. The Kier molecular flexibility index (Phi) is 6.95. The summed E-state index contributed by atoms with van der Waals surface area (Å²) in [4.78, 5) is 43.1. The van der Waals surface area contributed by atoms with E-state index >= 15 is 0 Å². The quantitative estimate of drug-likeness (QED) is 0.306. The van der Waals surface area contributed by atoms with Crippen molar-refractivity contribution in [3.63, 3.8) is 0 Å². The van der Waals surface area contributed by atoms with Crippen molar-refractivity contribution in [1.29, 1.82) is 0 Å². The maximum absolute atomic E-state index is 13.6. The van der Waals surface area contributed by atoms with Crippen LogP contribution in [-0.4, -0.2) is 33.3 Å². The maximum atomic E-state index is 13.6. The minimum absolute atomic E-state index is 0.0390. The maximum Gasteiger partial charge on any atom is 0.266 e. The van der Waals surface area contributed by atoms with Crippen LogP contribution in [0.3, 0.4) is 0 Å². The van der Waals surface area contributed by atoms with E-state index in [4.69, 9.17) is 0 Å². The number of rotatable bonds is 8. The van der Waals surface area contributed by atoms with Gasteiger partial charge in [0.25, 0.3) is 17.7 Å². The molecule has 3 aromatic rings. The number of carbonyl (C=O) groups is 3. The number of fused-ring (bicyclic) bond motifs is 2. The molecule has 2 aliphatic heterocycles. The van der Waals surface area contributed by atoms with Crippen molar-refractivity contribution in [2.75, 3.05) is 4.90 Å². The Hall–Kier alpha value is -3.77. The number of carbonyl (C=O) groups excluding carboxylic acids is 3. The normalized spacial score (nSPS) is 17.1. The third-order valence-corrected chi connectivity index (χ3v) is 9.71. The van der Waals surface area contributed by atoms with Crippen molar-refractivity contribution >= 4 is 23.4 Å². The fourth-order valence-electron chi connectivity index (χ4n) is 6.00. The second-order valence-electron chi connectivity index (χ2n) is 11.6. The zero-order chi connectivity index (χ0) is 29.0. The van der Waals surface area contributed by atoms with E-state index in [1.54, 1.807) is 23.1 Å². The number of hydrogen-bond acceptors (Lipinski definition) is 4. The average molecular weight is 539 g/mol. The van der Waals surface area contributed by atoms with E-state index in [0.29, 0.717) is 27.9 Å². The van der Waals surface area contributed by atoms with Gasteiger partial charge in [-0.1, -0.05) is 58.9 Å². The van der Waals surface area contributed by atoms with Gasteiger partial charge in [0.05, 0.1) is 16.8 Å². The summed E-state index contributed by atoms with van der Waals surface area (Å²) in [6, 6.07) is 18.4. The first kappa shape index (κ1) is 27.8. The Balaban J connectivity index is 1.49. The van der Waals surface area contributed by atoms with Gasteiger partial charge in [-0.05, 0) is 91.1 Å². The molecule has 0 radical (unpaired) electrons. The SMILES string of the molecule is CCC(C)(CC)c1cccc(N2C(=O)c3ccc(-c4ccc5c(c4)C(O)N(C(C)(CC)CC)C5=O)cc3C2=O)c1. The van der Waals surface area contributed by atoms with Crippen molar-refractivity contribution < 1.29 is 19.5 Å². The van der Waals surface area contributed by atoms with Crippen LogP contribution in [0, 0.1) is 0 Å². The number of benzene rings is 3.